The quantitative estimate of drug-likeness (QED) is 0.575. The van der Waals surface area contributed by atoms with E-state index >= 15 is 0 Å². The number of carbonyl (C=O) groups is 1. The molecule has 168 valence electrons. The molecule has 0 amide bonds. The van der Waals surface area contributed by atoms with Gasteiger partial charge in [0.2, 0.25) is 0 Å². The van der Waals surface area contributed by atoms with Gasteiger partial charge in [-0.1, -0.05) is 24.6 Å². The van der Waals surface area contributed by atoms with E-state index in [0.717, 1.165) is 25.7 Å². The van der Waals surface area contributed by atoms with Gasteiger partial charge in [-0.15, -0.1) is 0 Å². The number of sulfonamides is 1. The van der Waals surface area contributed by atoms with Gasteiger partial charge >= 0.3 is 5.97 Å². The topological polar surface area (TPSA) is 105 Å². The van der Waals surface area contributed by atoms with E-state index in [-0.39, 0.29) is 44.5 Å². The van der Waals surface area contributed by atoms with E-state index in [1.165, 1.54) is 25.3 Å². The zero-order valence-electron chi connectivity index (χ0n) is 17.7. The van der Waals surface area contributed by atoms with Gasteiger partial charge in [-0.2, -0.15) is 5.26 Å². The van der Waals surface area contributed by atoms with Crippen molar-refractivity contribution in [2.75, 3.05) is 11.8 Å². The van der Waals surface area contributed by atoms with Crippen molar-refractivity contribution in [2.24, 2.45) is 5.92 Å². The van der Waals surface area contributed by atoms with Crippen LogP contribution in [-0.4, -0.2) is 27.6 Å². The molecule has 0 spiro atoms. The van der Waals surface area contributed by atoms with Gasteiger partial charge in [0.1, 0.15) is 11.8 Å². The van der Waals surface area contributed by atoms with Crippen LogP contribution in [0.3, 0.4) is 0 Å². The Kier molecular flexibility index (Phi) is 6.06. The molecular weight excluding hydrogens is 452 g/mol. The van der Waals surface area contributed by atoms with Crippen molar-refractivity contribution < 1.29 is 22.7 Å². The molecule has 0 unspecified atom stereocenters. The molecule has 0 radical (unpaired) electrons. The second-order valence-corrected chi connectivity index (χ2v) is 10.4. The minimum absolute atomic E-state index is 0.0135. The lowest BCUT2D eigenvalue weighted by Gasteiger charge is -2.33. The minimum atomic E-state index is -4.10. The van der Waals surface area contributed by atoms with Gasteiger partial charge < -0.3 is 9.47 Å². The molecule has 9 heteroatoms. The number of nitriles is 1. The highest BCUT2D eigenvalue weighted by atomic mass is 35.5. The molecule has 2 aromatic carbocycles. The van der Waals surface area contributed by atoms with Gasteiger partial charge in [-0.05, 0) is 61.3 Å². The van der Waals surface area contributed by atoms with E-state index in [1.54, 1.807) is 12.1 Å². The van der Waals surface area contributed by atoms with Crippen molar-refractivity contribution in [3.8, 4) is 11.8 Å². The molecule has 0 saturated heterocycles. The number of halogens is 1. The third kappa shape index (κ3) is 4.54. The standard InChI is InChI=1S/C23H23ClN2O5S/c1-13-7-17(8-13)31-21-11-19(24)16(12-25)9-20(21)26-32(28,29)22-10-15(23(27)30-2)5-6-18(22)14-3-4-14/h5-6,9-11,13-14,17,26H,3-4,7-8H2,1-2H3. The molecule has 0 bridgehead atoms. The number of benzene rings is 2. The maximum Gasteiger partial charge on any atom is 0.337 e. The van der Waals surface area contributed by atoms with Crippen LogP contribution >= 0.6 is 11.6 Å². The number of carbonyl (C=O) groups excluding carboxylic acids is 1. The summed E-state index contributed by atoms with van der Waals surface area (Å²) in [5.41, 5.74) is 1.06. The number of esters is 1. The van der Waals surface area contributed by atoms with Crippen molar-refractivity contribution in [3.05, 3.63) is 52.0 Å². The summed E-state index contributed by atoms with van der Waals surface area (Å²) in [7, 11) is -2.86. The molecule has 4 rings (SSSR count). The molecular formula is C23H23ClN2O5S. The smallest absolute Gasteiger partial charge is 0.337 e. The predicted molar refractivity (Wildman–Crippen MR) is 120 cm³/mol. The first-order chi connectivity index (χ1) is 15.2. The highest BCUT2D eigenvalue weighted by Gasteiger charge is 2.33. The van der Waals surface area contributed by atoms with E-state index in [1.807, 2.05) is 6.07 Å². The van der Waals surface area contributed by atoms with E-state index in [2.05, 4.69) is 11.6 Å². The fourth-order valence-electron chi connectivity index (χ4n) is 3.87. The van der Waals surface area contributed by atoms with Crippen molar-refractivity contribution >= 4 is 33.3 Å². The van der Waals surface area contributed by atoms with Crippen LogP contribution < -0.4 is 9.46 Å². The molecule has 0 aromatic heterocycles. The Labute approximate surface area is 192 Å². The minimum Gasteiger partial charge on any atom is -0.488 e. The summed E-state index contributed by atoms with van der Waals surface area (Å²) in [6.07, 6.45) is 3.44. The summed E-state index contributed by atoms with van der Waals surface area (Å²) >= 11 is 6.18. The van der Waals surface area contributed by atoms with Crippen LogP contribution in [0.25, 0.3) is 0 Å². The van der Waals surface area contributed by atoms with Crippen molar-refractivity contribution in [2.45, 2.75) is 49.5 Å². The molecule has 2 aromatic rings. The maximum absolute atomic E-state index is 13.4. The first-order valence-electron chi connectivity index (χ1n) is 10.4. The van der Waals surface area contributed by atoms with Crippen LogP contribution in [-0.2, 0) is 14.8 Å². The summed E-state index contributed by atoms with van der Waals surface area (Å²) in [4.78, 5) is 12.0. The molecule has 0 aliphatic heterocycles. The van der Waals surface area contributed by atoms with Crippen LogP contribution in [0.2, 0.25) is 5.02 Å². The lowest BCUT2D eigenvalue weighted by molar-refractivity contribution is 0.0600. The van der Waals surface area contributed by atoms with Gasteiger partial charge in [0.25, 0.3) is 10.0 Å². The molecule has 2 aliphatic carbocycles. The van der Waals surface area contributed by atoms with Crippen molar-refractivity contribution in [1.29, 1.82) is 5.26 Å². The summed E-state index contributed by atoms with van der Waals surface area (Å²) in [5, 5.41) is 9.55. The molecule has 0 atom stereocenters. The zero-order chi connectivity index (χ0) is 23.0. The molecule has 2 aliphatic rings. The van der Waals surface area contributed by atoms with Gasteiger partial charge in [0.05, 0.1) is 39.9 Å². The van der Waals surface area contributed by atoms with Crippen molar-refractivity contribution in [3.63, 3.8) is 0 Å². The number of hydrogen-bond donors (Lipinski definition) is 1. The fourth-order valence-corrected chi connectivity index (χ4v) is 5.45. The first-order valence-corrected chi connectivity index (χ1v) is 12.2. The maximum atomic E-state index is 13.4. The number of hydrogen-bond acceptors (Lipinski definition) is 6. The number of rotatable bonds is 7. The first kappa shape index (κ1) is 22.4. The third-order valence-corrected chi connectivity index (χ3v) is 7.53. The third-order valence-electron chi connectivity index (χ3n) is 5.80. The van der Waals surface area contributed by atoms with E-state index in [4.69, 9.17) is 21.1 Å². The Bertz CT molecular complexity index is 1210. The molecule has 32 heavy (non-hydrogen) atoms. The second-order valence-electron chi connectivity index (χ2n) is 8.38. The highest BCUT2D eigenvalue weighted by Crippen LogP contribution is 2.44. The van der Waals surface area contributed by atoms with Crippen molar-refractivity contribution in [1.82, 2.24) is 0 Å². The predicted octanol–water partition coefficient (Wildman–Crippen LogP) is 4.85. The monoisotopic (exact) mass is 474 g/mol. The second kappa shape index (κ2) is 8.64. The number of nitrogens with zero attached hydrogens (tertiary/aromatic N) is 1. The average Bonchev–Trinajstić information content (AvgIpc) is 3.58. The van der Waals surface area contributed by atoms with E-state index in [0.29, 0.717) is 11.5 Å². The normalized spacial score (nSPS) is 20.1. The highest BCUT2D eigenvalue weighted by molar-refractivity contribution is 7.92. The van der Waals surface area contributed by atoms with Gasteiger partial charge in [-0.25, -0.2) is 13.2 Å². The van der Waals surface area contributed by atoms with Crippen LogP contribution in [0.15, 0.2) is 35.2 Å². The Balaban J connectivity index is 1.73. The Hall–Kier alpha value is -2.76. The SMILES string of the molecule is COC(=O)c1ccc(C2CC2)c(S(=O)(=O)Nc2cc(C#N)c(Cl)cc2OC2CC(C)C2)c1. The summed E-state index contributed by atoms with van der Waals surface area (Å²) in [6.45, 7) is 2.11. The van der Waals surface area contributed by atoms with Gasteiger partial charge in [0, 0.05) is 6.07 Å². The molecule has 2 fully saturated rings. The lowest BCUT2D eigenvalue weighted by atomic mass is 9.84. The van der Waals surface area contributed by atoms with E-state index in [9.17, 15) is 18.5 Å². The van der Waals surface area contributed by atoms with E-state index < -0.39 is 16.0 Å². The lowest BCUT2D eigenvalue weighted by Crippen LogP contribution is -2.32. The molecule has 0 heterocycles. The number of anilines is 1. The fraction of sp³-hybridized carbons (Fsp3) is 0.391. The number of methoxy groups -OCH3 is 1. The molecule has 7 nitrogen and oxygen atoms in total. The summed E-state index contributed by atoms with van der Waals surface area (Å²) in [5.74, 6) is 0.313. The number of ether oxygens (including phenoxy) is 2. The molecule has 1 N–H and O–H groups in total. The number of nitrogens with one attached hydrogen (secondary N) is 1. The Morgan fingerprint density at radius 3 is 2.53 bits per heavy atom. The van der Waals surface area contributed by atoms with Crippen LogP contribution in [0.5, 0.6) is 5.75 Å². The average molecular weight is 475 g/mol. The van der Waals surface area contributed by atoms with Crippen LogP contribution in [0, 0.1) is 17.2 Å². The Morgan fingerprint density at radius 2 is 1.94 bits per heavy atom. The molecule has 2 saturated carbocycles. The summed E-state index contributed by atoms with van der Waals surface area (Å²) < 4.78 is 40.2. The van der Waals surface area contributed by atoms with Gasteiger partial charge in [0.15, 0.2) is 0 Å². The largest absolute Gasteiger partial charge is 0.488 e. The van der Waals surface area contributed by atoms with Gasteiger partial charge in [-0.3, -0.25) is 4.72 Å². The van der Waals surface area contributed by atoms with Crippen LogP contribution in [0.1, 0.15) is 60.0 Å². The summed E-state index contributed by atoms with van der Waals surface area (Å²) in [6, 6.07) is 9.37. The Morgan fingerprint density at radius 1 is 1.22 bits per heavy atom. The van der Waals surface area contributed by atoms with Crippen LogP contribution in [0.4, 0.5) is 5.69 Å². The zero-order valence-corrected chi connectivity index (χ0v) is 19.3.